The van der Waals surface area contributed by atoms with Crippen LogP contribution in [0.5, 0.6) is 11.5 Å². The number of anilines is 2. The summed E-state index contributed by atoms with van der Waals surface area (Å²) in [5.41, 5.74) is 2.46. The minimum Gasteiger partial charge on any atom is -0.508 e. The molecule has 0 aliphatic carbocycles. The Morgan fingerprint density at radius 1 is 1.03 bits per heavy atom. The normalized spacial score (nSPS) is 10.8. The standard InChI is InChI=1S/C25H20ClN3O4/c1-16-2-5-20(13-23(16)26)28-24(31)15-33-22-10-3-17(4-11-22)12-18(14-27)25(32)29-19-6-8-21(30)9-7-19/h2-13,30H,15H2,1H3,(H,28,31)(H,29,32)/b18-12+. The Bertz CT molecular complexity index is 1230. The van der Waals surface area contributed by atoms with Gasteiger partial charge < -0.3 is 20.5 Å². The predicted octanol–water partition coefficient (Wildman–Crippen LogP) is 4.92. The van der Waals surface area contributed by atoms with Crippen LogP contribution < -0.4 is 15.4 Å². The van der Waals surface area contributed by atoms with Gasteiger partial charge in [0.25, 0.3) is 11.8 Å². The average molecular weight is 462 g/mol. The maximum absolute atomic E-state index is 12.3. The zero-order chi connectivity index (χ0) is 23.8. The number of nitriles is 1. The summed E-state index contributed by atoms with van der Waals surface area (Å²) in [5, 5.41) is 24.5. The SMILES string of the molecule is Cc1ccc(NC(=O)COc2ccc(/C=C(\C#N)C(=O)Nc3ccc(O)cc3)cc2)cc1Cl. The number of benzene rings is 3. The smallest absolute Gasteiger partial charge is 0.266 e. The molecule has 0 spiro atoms. The molecule has 0 heterocycles. The molecule has 0 atom stereocenters. The van der Waals surface area contributed by atoms with Gasteiger partial charge >= 0.3 is 0 Å². The van der Waals surface area contributed by atoms with Crippen LogP contribution in [0.3, 0.4) is 0 Å². The van der Waals surface area contributed by atoms with Crippen molar-refractivity contribution in [2.75, 3.05) is 17.2 Å². The van der Waals surface area contributed by atoms with Gasteiger partial charge in [0.2, 0.25) is 0 Å². The van der Waals surface area contributed by atoms with E-state index in [1.54, 1.807) is 36.4 Å². The van der Waals surface area contributed by atoms with E-state index in [-0.39, 0.29) is 23.8 Å². The second kappa shape index (κ2) is 10.8. The van der Waals surface area contributed by atoms with Gasteiger partial charge in [0.05, 0.1) is 0 Å². The Labute approximate surface area is 195 Å². The zero-order valence-corrected chi connectivity index (χ0v) is 18.4. The highest BCUT2D eigenvalue weighted by atomic mass is 35.5. The van der Waals surface area contributed by atoms with E-state index in [1.807, 2.05) is 19.1 Å². The lowest BCUT2D eigenvalue weighted by molar-refractivity contribution is -0.118. The van der Waals surface area contributed by atoms with Crippen molar-refractivity contribution >= 4 is 40.9 Å². The highest BCUT2D eigenvalue weighted by Crippen LogP contribution is 2.20. The monoisotopic (exact) mass is 461 g/mol. The lowest BCUT2D eigenvalue weighted by Gasteiger charge is -2.09. The van der Waals surface area contributed by atoms with Crippen molar-refractivity contribution in [3.8, 4) is 17.6 Å². The third-order valence-corrected chi connectivity index (χ3v) is 4.91. The summed E-state index contributed by atoms with van der Waals surface area (Å²) in [6.45, 7) is 1.68. The first kappa shape index (κ1) is 23.4. The third-order valence-electron chi connectivity index (χ3n) is 4.51. The number of carbonyl (C=O) groups is 2. The summed E-state index contributed by atoms with van der Waals surface area (Å²) in [4.78, 5) is 24.4. The fraction of sp³-hybridized carbons (Fsp3) is 0.0800. The molecule has 0 radical (unpaired) electrons. The zero-order valence-electron chi connectivity index (χ0n) is 17.6. The van der Waals surface area contributed by atoms with Crippen molar-refractivity contribution < 1.29 is 19.4 Å². The number of rotatable bonds is 7. The summed E-state index contributed by atoms with van der Waals surface area (Å²) < 4.78 is 5.49. The summed E-state index contributed by atoms with van der Waals surface area (Å²) in [7, 11) is 0. The second-order valence-electron chi connectivity index (χ2n) is 7.04. The topological polar surface area (TPSA) is 111 Å². The summed E-state index contributed by atoms with van der Waals surface area (Å²) in [5.74, 6) is -0.382. The number of aryl methyl sites for hydroxylation is 1. The highest BCUT2D eigenvalue weighted by molar-refractivity contribution is 6.31. The van der Waals surface area contributed by atoms with E-state index in [4.69, 9.17) is 16.3 Å². The van der Waals surface area contributed by atoms with Crippen LogP contribution >= 0.6 is 11.6 Å². The Hall–Kier alpha value is -4.28. The Balaban J connectivity index is 1.56. The molecule has 0 unspecified atom stereocenters. The molecule has 2 amide bonds. The number of amides is 2. The molecule has 166 valence electrons. The van der Waals surface area contributed by atoms with Gasteiger partial charge in [0, 0.05) is 16.4 Å². The largest absolute Gasteiger partial charge is 0.508 e. The van der Waals surface area contributed by atoms with Crippen LogP contribution in [-0.2, 0) is 9.59 Å². The molecule has 0 aliphatic heterocycles. The molecular weight excluding hydrogens is 442 g/mol. The molecular formula is C25H20ClN3O4. The molecule has 3 rings (SSSR count). The second-order valence-corrected chi connectivity index (χ2v) is 7.45. The van der Waals surface area contributed by atoms with Crippen LogP contribution in [0.15, 0.2) is 72.3 Å². The molecule has 0 fully saturated rings. The average Bonchev–Trinajstić information content (AvgIpc) is 2.80. The number of ether oxygens (including phenoxy) is 1. The lowest BCUT2D eigenvalue weighted by atomic mass is 10.1. The van der Waals surface area contributed by atoms with Gasteiger partial charge in [-0.15, -0.1) is 0 Å². The number of carbonyl (C=O) groups excluding carboxylic acids is 2. The maximum Gasteiger partial charge on any atom is 0.266 e. The fourth-order valence-corrected chi connectivity index (χ4v) is 2.92. The summed E-state index contributed by atoms with van der Waals surface area (Å²) in [6, 6.07) is 19.6. The maximum atomic E-state index is 12.3. The minimum atomic E-state index is -0.573. The van der Waals surface area contributed by atoms with Crippen LogP contribution in [0, 0.1) is 18.3 Å². The van der Waals surface area contributed by atoms with Gasteiger partial charge in [-0.3, -0.25) is 9.59 Å². The molecule has 0 aromatic heterocycles. The lowest BCUT2D eigenvalue weighted by Crippen LogP contribution is -2.20. The van der Waals surface area contributed by atoms with E-state index < -0.39 is 5.91 Å². The Kier molecular flexibility index (Phi) is 7.68. The van der Waals surface area contributed by atoms with E-state index in [2.05, 4.69) is 10.6 Å². The molecule has 0 aliphatic rings. The quantitative estimate of drug-likeness (QED) is 0.263. The predicted molar refractivity (Wildman–Crippen MR) is 127 cm³/mol. The number of phenols is 1. The van der Waals surface area contributed by atoms with Crippen molar-refractivity contribution in [2.24, 2.45) is 0 Å². The first-order valence-electron chi connectivity index (χ1n) is 9.85. The van der Waals surface area contributed by atoms with Crippen LogP contribution in [0.25, 0.3) is 6.08 Å². The first-order chi connectivity index (χ1) is 15.8. The first-order valence-corrected chi connectivity index (χ1v) is 10.2. The van der Waals surface area contributed by atoms with Crippen molar-refractivity contribution in [3.63, 3.8) is 0 Å². The fourth-order valence-electron chi connectivity index (χ4n) is 2.74. The summed E-state index contributed by atoms with van der Waals surface area (Å²) in [6.07, 6.45) is 1.44. The van der Waals surface area contributed by atoms with Gasteiger partial charge in [-0.05, 0) is 72.7 Å². The van der Waals surface area contributed by atoms with Gasteiger partial charge in [-0.1, -0.05) is 29.8 Å². The molecule has 33 heavy (non-hydrogen) atoms. The Morgan fingerprint density at radius 3 is 2.33 bits per heavy atom. The molecule has 3 aromatic rings. The number of nitrogens with one attached hydrogen (secondary N) is 2. The summed E-state index contributed by atoms with van der Waals surface area (Å²) >= 11 is 6.06. The Morgan fingerprint density at radius 2 is 1.70 bits per heavy atom. The van der Waals surface area contributed by atoms with Gasteiger partial charge in [-0.25, -0.2) is 0 Å². The number of nitrogens with zero attached hydrogens (tertiary/aromatic N) is 1. The molecule has 0 saturated carbocycles. The molecule has 7 nitrogen and oxygen atoms in total. The molecule has 8 heteroatoms. The third kappa shape index (κ3) is 6.86. The van der Waals surface area contributed by atoms with Crippen LogP contribution in [-0.4, -0.2) is 23.5 Å². The van der Waals surface area contributed by atoms with E-state index in [0.29, 0.717) is 27.7 Å². The molecule has 3 aromatic carbocycles. The van der Waals surface area contributed by atoms with Crippen LogP contribution in [0.1, 0.15) is 11.1 Å². The van der Waals surface area contributed by atoms with E-state index in [1.165, 1.54) is 30.3 Å². The van der Waals surface area contributed by atoms with E-state index in [9.17, 15) is 20.0 Å². The number of aromatic hydroxyl groups is 1. The van der Waals surface area contributed by atoms with Gasteiger partial charge in [0.1, 0.15) is 23.1 Å². The number of halogens is 1. The van der Waals surface area contributed by atoms with Crippen LogP contribution in [0.4, 0.5) is 11.4 Å². The van der Waals surface area contributed by atoms with Gasteiger partial charge in [-0.2, -0.15) is 5.26 Å². The van der Waals surface area contributed by atoms with E-state index in [0.717, 1.165) is 5.56 Å². The molecule has 0 saturated heterocycles. The van der Waals surface area contributed by atoms with Crippen LogP contribution in [0.2, 0.25) is 5.02 Å². The van der Waals surface area contributed by atoms with E-state index >= 15 is 0 Å². The molecule has 0 bridgehead atoms. The highest BCUT2D eigenvalue weighted by Gasteiger charge is 2.10. The number of hydrogen-bond acceptors (Lipinski definition) is 5. The van der Waals surface area contributed by atoms with Crippen molar-refractivity contribution in [1.29, 1.82) is 5.26 Å². The van der Waals surface area contributed by atoms with Crippen molar-refractivity contribution in [1.82, 2.24) is 0 Å². The number of phenolic OH excluding ortho intramolecular Hbond substituents is 1. The van der Waals surface area contributed by atoms with Crippen molar-refractivity contribution in [3.05, 3.63) is 88.5 Å². The minimum absolute atomic E-state index is 0.0726. The number of hydrogen-bond donors (Lipinski definition) is 3. The van der Waals surface area contributed by atoms with Crippen molar-refractivity contribution in [2.45, 2.75) is 6.92 Å². The van der Waals surface area contributed by atoms with Gasteiger partial charge in [0.15, 0.2) is 6.61 Å². The molecule has 3 N–H and O–H groups in total.